The highest BCUT2D eigenvalue weighted by atomic mass is 33.1. The third kappa shape index (κ3) is 1.49. The van der Waals surface area contributed by atoms with Crippen LogP contribution in [0.2, 0.25) is 0 Å². The summed E-state index contributed by atoms with van der Waals surface area (Å²) in [6.45, 7) is 0. The van der Waals surface area contributed by atoms with Gasteiger partial charge >= 0.3 is 0 Å². The van der Waals surface area contributed by atoms with E-state index in [1.807, 2.05) is 11.5 Å². The van der Waals surface area contributed by atoms with E-state index in [2.05, 4.69) is 0 Å². The molecule has 0 saturated heterocycles. The van der Waals surface area contributed by atoms with Gasteiger partial charge in [-0.2, -0.15) is 0 Å². The summed E-state index contributed by atoms with van der Waals surface area (Å²) in [5.41, 5.74) is 0. The summed E-state index contributed by atoms with van der Waals surface area (Å²) in [6, 6.07) is 0. The maximum atomic E-state index is 8.66. The number of aliphatic hydroxyl groups excluding tert-OH is 1. The van der Waals surface area contributed by atoms with Gasteiger partial charge in [-0.1, -0.05) is 16.9 Å². The summed E-state index contributed by atoms with van der Waals surface area (Å²) in [7, 11) is 2.89. The molecule has 38 valence electrons. The van der Waals surface area contributed by atoms with Gasteiger partial charge in [0.05, 0.1) is 0 Å². The van der Waals surface area contributed by atoms with E-state index in [1.54, 1.807) is 6.08 Å². The van der Waals surface area contributed by atoms with E-state index in [1.165, 1.54) is 21.6 Å². The molecule has 7 heavy (non-hydrogen) atoms. The Hall–Kier alpha value is -0.0200. The molecule has 0 saturated carbocycles. The molecule has 1 aliphatic heterocycles. The molecular formula is C4H4OS2. The van der Waals surface area contributed by atoms with Gasteiger partial charge in [-0.25, -0.2) is 0 Å². The van der Waals surface area contributed by atoms with Gasteiger partial charge in [0.15, 0.2) is 5.09 Å². The van der Waals surface area contributed by atoms with E-state index in [9.17, 15) is 0 Å². The van der Waals surface area contributed by atoms with Gasteiger partial charge in [-0.3, -0.25) is 0 Å². The number of hydrogen-bond acceptors (Lipinski definition) is 3. The smallest absolute Gasteiger partial charge is 0.160 e. The lowest BCUT2D eigenvalue weighted by Gasteiger charge is -1.95. The Balaban J connectivity index is 2.57. The zero-order valence-electron chi connectivity index (χ0n) is 3.50. The van der Waals surface area contributed by atoms with Crippen molar-refractivity contribution < 1.29 is 5.11 Å². The fraction of sp³-hybridized carbons (Fsp3) is 0. The number of aliphatic hydroxyl groups is 1. The van der Waals surface area contributed by atoms with E-state index >= 15 is 0 Å². The average Bonchev–Trinajstić information content (AvgIpc) is 1.69. The lowest BCUT2D eigenvalue weighted by molar-refractivity contribution is 0.457. The molecule has 0 aromatic carbocycles. The summed E-state index contributed by atoms with van der Waals surface area (Å²) in [5, 5.41) is 11.0. The maximum Gasteiger partial charge on any atom is 0.160 e. The summed E-state index contributed by atoms with van der Waals surface area (Å²) < 4.78 is 0. The van der Waals surface area contributed by atoms with Gasteiger partial charge in [0.2, 0.25) is 0 Å². The molecular weight excluding hydrogens is 128 g/mol. The fourth-order valence-electron chi connectivity index (χ4n) is 0.259. The predicted octanol–water partition coefficient (Wildman–Crippen LogP) is 2.29. The minimum atomic E-state index is 0.382. The second-order valence-electron chi connectivity index (χ2n) is 1.01. The maximum absolute atomic E-state index is 8.66. The molecule has 0 aromatic heterocycles. The number of rotatable bonds is 0. The first-order chi connectivity index (χ1) is 3.39. The highest BCUT2D eigenvalue weighted by molar-refractivity contribution is 8.79. The van der Waals surface area contributed by atoms with Gasteiger partial charge in [0.25, 0.3) is 0 Å². The molecule has 1 nitrogen and oxygen atoms in total. The van der Waals surface area contributed by atoms with Crippen molar-refractivity contribution in [2.45, 2.75) is 0 Å². The van der Waals surface area contributed by atoms with Gasteiger partial charge < -0.3 is 5.11 Å². The first-order valence-corrected chi connectivity index (χ1v) is 4.00. The van der Waals surface area contributed by atoms with Crippen molar-refractivity contribution in [3.63, 3.8) is 0 Å². The van der Waals surface area contributed by atoms with Crippen LogP contribution in [0.15, 0.2) is 22.7 Å². The molecule has 0 aromatic rings. The molecule has 0 unspecified atom stereocenters. The molecule has 3 heteroatoms. The molecule has 0 bridgehead atoms. The van der Waals surface area contributed by atoms with Gasteiger partial charge in [-0.05, 0) is 22.3 Å². The van der Waals surface area contributed by atoms with E-state index in [0.717, 1.165) is 0 Å². The van der Waals surface area contributed by atoms with Crippen LogP contribution in [-0.4, -0.2) is 5.11 Å². The fourth-order valence-corrected chi connectivity index (χ4v) is 1.51. The van der Waals surface area contributed by atoms with E-state index < -0.39 is 0 Å². The van der Waals surface area contributed by atoms with Crippen LogP contribution in [0, 0.1) is 0 Å². The van der Waals surface area contributed by atoms with Crippen molar-refractivity contribution in [1.82, 2.24) is 0 Å². The molecule has 0 fully saturated rings. The van der Waals surface area contributed by atoms with Crippen LogP contribution in [0.25, 0.3) is 0 Å². The van der Waals surface area contributed by atoms with Crippen molar-refractivity contribution in [2.75, 3.05) is 0 Å². The van der Waals surface area contributed by atoms with Crippen LogP contribution in [-0.2, 0) is 0 Å². The van der Waals surface area contributed by atoms with E-state index in [4.69, 9.17) is 5.11 Å². The van der Waals surface area contributed by atoms with Crippen molar-refractivity contribution in [2.24, 2.45) is 0 Å². The van der Waals surface area contributed by atoms with Crippen LogP contribution in [0.5, 0.6) is 0 Å². The highest BCUT2D eigenvalue weighted by Gasteiger charge is 1.93. The summed E-state index contributed by atoms with van der Waals surface area (Å²) in [4.78, 5) is 0. The van der Waals surface area contributed by atoms with Crippen molar-refractivity contribution in [3.05, 3.63) is 22.7 Å². The monoisotopic (exact) mass is 132 g/mol. The standard InChI is InChI=1S/C4H4OS2/c5-4-2-1-3-6-7-4/h1-3,5H. The number of hydrogen-bond donors (Lipinski definition) is 1. The predicted molar refractivity (Wildman–Crippen MR) is 35.0 cm³/mol. The van der Waals surface area contributed by atoms with Crippen LogP contribution in [0.1, 0.15) is 0 Å². The minimum Gasteiger partial charge on any atom is -0.502 e. The molecule has 1 heterocycles. The van der Waals surface area contributed by atoms with Crippen LogP contribution in [0.3, 0.4) is 0 Å². The van der Waals surface area contributed by atoms with Crippen molar-refractivity contribution in [3.8, 4) is 0 Å². The van der Waals surface area contributed by atoms with E-state index in [-0.39, 0.29) is 0 Å². The minimum absolute atomic E-state index is 0.382. The summed E-state index contributed by atoms with van der Waals surface area (Å²) in [6.07, 6.45) is 3.48. The Morgan fingerprint density at radius 1 is 1.57 bits per heavy atom. The molecule has 0 amide bonds. The third-order valence-corrected chi connectivity index (χ3v) is 2.31. The molecule has 0 atom stereocenters. The quantitative estimate of drug-likeness (QED) is 0.511. The van der Waals surface area contributed by atoms with Crippen molar-refractivity contribution in [1.29, 1.82) is 0 Å². The Morgan fingerprint density at radius 3 is 2.71 bits per heavy atom. The zero-order valence-corrected chi connectivity index (χ0v) is 5.13. The van der Waals surface area contributed by atoms with Gasteiger partial charge in [0.1, 0.15) is 0 Å². The van der Waals surface area contributed by atoms with Crippen LogP contribution >= 0.6 is 21.6 Å². The Labute approximate surface area is 49.9 Å². The molecule has 1 N–H and O–H groups in total. The van der Waals surface area contributed by atoms with Crippen LogP contribution < -0.4 is 0 Å². The lowest BCUT2D eigenvalue weighted by atomic mass is 10.6. The summed E-state index contributed by atoms with van der Waals surface area (Å²) >= 11 is 0. The normalized spacial score (nSPS) is 19.1. The first-order valence-electron chi connectivity index (χ1n) is 1.79. The first kappa shape index (κ1) is 5.12. The van der Waals surface area contributed by atoms with Gasteiger partial charge in [-0.15, -0.1) is 0 Å². The Kier molecular flexibility index (Phi) is 1.70. The SMILES string of the molecule is OC1=CC=CSS1. The van der Waals surface area contributed by atoms with E-state index in [0.29, 0.717) is 5.09 Å². The second-order valence-corrected chi connectivity index (χ2v) is 3.14. The van der Waals surface area contributed by atoms with Crippen molar-refractivity contribution >= 4 is 21.6 Å². The Bertz CT molecular complexity index is 117. The van der Waals surface area contributed by atoms with Crippen LogP contribution in [0.4, 0.5) is 0 Å². The average molecular weight is 132 g/mol. The topological polar surface area (TPSA) is 20.2 Å². The molecule has 0 spiro atoms. The molecule has 1 aliphatic rings. The molecule has 0 aliphatic carbocycles. The summed E-state index contributed by atoms with van der Waals surface area (Å²) in [5.74, 6) is 0. The lowest BCUT2D eigenvalue weighted by Crippen LogP contribution is -1.68. The largest absolute Gasteiger partial charge is 0.502 e. The molecule has 0 radical (unpaired) electrons. The molecule has 1 rings (SSSR count). The highest BCUT2D eigenvalue weighted by Crippen LogP contribution is 2.31. The number of allylic oxidation sites excluding steroid dienone is 2. The van der Waals surface area contributed by atoms with Gasteiger partial charge in [0, 0.05) is 0 Å². The third-order valence-electron chi connectivity index (χ3n) is 0.506. The second kappa shape index (κ2) is 2.33. The zero-order chi connectivity index (χ0) is 5.11. The Morgan fingerprint density at radius 2 is 2.43 bits per heavy atom.